The van der Waals surface area contributed by atoms with Crippen LogP contribution in [0.1, 0.15) is 5.69 Å². The average Bonchev–Trinajstić information content (AvgIpc) is 2.33. The fourth-order valence-corrected chi connectivity index (χ4v) is 1.56. The van der Waals surface area contributed by atoms with Gasteiger partial charge in [-0.15, -0.1) is 0 Å². The molecule has 17 heavy (non-hydrogen) atoms. The number of amides is 2. The first-order chi connectivity index (χ1) is 8.22. The number of aromatic nitrogens is 2. The number of nitrogens with one attached hydrogen (secondary N) is 2. The van der Waals surface area contributed by atoms with Crippen molar-refractivity contribution in [2.75, 3.05) is 25.0 Å². The van der Waals surface area contributed by atoms with Crippen LogP contribution in [0.5, 0.6) is 0 Å². The quantitative estimate of drug-likeness (QED) is 0.714. The molecular formula is C10H12N6O. The van der Waals surface area contributed by atoms with Crippen LogP contribution in [0.2, 0.25) is 0 Å². The Kier molecular flexibility index (Phi) is 3.05. The highest BCUT2D eigenvalue weighted by Crippen LogP contribution is 2.16. The van der Waals surface area contributed by atoms with Crippen molar-refractivity contribution in [2.24, 2.45) is 0 Å². The molecule has 1 saturated heterocycles. The summed E-state index contributed by atoms with van der Waals surface area (Å²) in [5, 5.41) is 13.9. The number of urea groups is 1. The van der Waals surface area contributed by atoms with Gasteiger partial charge in [0.1, 0.15) is 11.9 Å². The fourth-order valence-electron chi connectivity index (χ4n) is 1.56. The summed E-state index contributed by atoms with van der Waals surface area (Å²) in [5.41, 5.74) is 0.300. The highest BCUT2D eigenvalue weighted by molar-refractivity contribution is 5.74. The van der Waals surface area contributed by atoms with Crippen LogP contribution < -0.4 is 15.5 Å². The maximum atomic E-state index is 11.0. The average molecular weight is 232 g/mol. The smallest absolute Gasteiger partial charge is 0.314 e. The molecule has 0 saturated carbocycles. The van der Waals surface area contributed by atoms with Crippen LogP contribution in [0.4, 0.5) is 10.6 Å². The summed E-state index contributed by atoms with van der Waals surface area (Å²) in [4.78, 5) is 21.1. The van der Waals surface area contributed by atoms with Crippen molar-refractivity contribution < 1.29 is 4.79 Å². The Balaban J connectivity index is 1.87. The molecular weight excluding hydrogens is 220 g/mol. The van der Waals surface area contributed by atoms with Gasteiger partial charge >= 0.3 is 6.03 Å². The van der Waals surface area contributed by atoms with E-state index in [0.717, 1.165) is 5.82 Å². The van der Waals surface area contributed by atoms with E-state index >= 15 is 0 Å². The zero-order valence-electron chi connectivity index (χ0n) is 9.34. The summed E-state index contributed by atoms with van der Waals surface area (Å²) in [5.74, 6) is 0.721. The van der Waals surface area contributed by atoms with E-state index < -0.39 is 0 Å². The Morgan fingerprint density at radius 1 is 1.53 bits per heavy atom. The Hall–Kier alpha value is -2.36. The van der Waals surface area contributed by atoms with Gasteiger partial charge in [-0.2, -0.15) is 5.26 Å². The van der Waals surface area contributed by atoms with Gasteiger partial charge < -0.3 is 15.5 Å². The Morgan fingerprint density at radius 3 is 2.82 bits per heavy atom. The van der Waals surface area contributed by atoms with Gasteiger partial charge in [-0.3, -0.25) is 0 Å². The first-order valence-electron chi connectivity index (χ1n) is 5.18. The molecule has 7 heteroatoms. The van der Waals surface area contributed by atoms with E-state index in [1.165, 1.54) is 6.20 Å². The van der Waals surface area contributed by atoms with Crippen molar-refractivity contribution in [3.05, 3.63) is 18.1 Å². The van der Waals surface area contributed by atoms with Crippen LogP contribution in [0.25, 0.3) is 0 Å². The molecule has 2 rings (SSSR count). The Bertz CT molecular complexity index is 445. The Morgan fingerprint density at radius 2 is 2.29 bits per heavy atom. The van der Waals surface area contributed by atoms with Gasteiger partial charge in [0.15, 0.2) is 5.69 Å². The number of carbonyl (C=O) groups is 1. The summed E-state index contributed by atoms with van der Waals surface area (Å²) in [6.07, 6.45) is 3.00. The summed E-state index contributed by atoms with van der Waals surface area (Å²) in [7, 11) is 1.58. The third-order valence-corrected chi connectivity index (χ3v) is 2.52. The van der Waals surface area contributed by atoms with Gasteiger partial charge in [-0.1, -0.05) is 0 Å². The van der Waals surface area contributed by atoms with Crippen LogP contribution >= 0.6 is 0 Å². The lowest BCUT2D eigenvalue weighted by molar-refractivity contribution is 0.236. The third kappa shape index (κ3) is 2.42. The molecule has 1 aromatic rings. The van der Waals surface area contributed by atoms with E-state index in [9.17, 15) is 4.79 Å². The molecule has 0 atom stereocenters. The van der Waals surface area contributed by atoms with Crippen LogP contribution in [0.15, 0.2) is 12.4 Å². The van der Waals surface area contributed by atoms with Gasteiger partial charge in [-0.25, -0.2) is 14.8 Å². The summed E-state index contributed by atoms with van der Waals surface area (Å²) >= 11 is 0. The molecule has 2 heterocycles. The topological polar surface area (TPSA) is 93.9 Å². The van der Waals surface area contributed by atoms with Gasteiger partial charge in [0.05, 0.1) is 18.4 Å². The molecule has 0 spiro atoms. The summed E-state index contributed by atoms with van der Waals surface area (Å²) in [6, 6.07) is 1.87. The lowest BCUT2D eigenvalue weighted by atomic mass is 10.1. The van der Waals surface area contributed by atoms with Crippen molar-refractivity contribution in [1.82, 2.24) is 20.6 Å². The molecule has 0 aliphatic carbocycles. The van der Waals surface area contributed by atoms with Crippen molar-refractivity contribution >= 4 is 11.8 Å². The van der Waals surface area contributed by atoms with Crippen LogP contribution in [0, 0.1) is 11.3 Å². The first-order valence-corrected chi connectivity index (χ1v) is 5.18. The first kappa shape index (κ1) is 11.1. The van der Waals surface area contributed by atoms with E-state index in [2.05, 4.69) is 20.6 Å². The van der Waals surface area contributed by atoms with E-state index in [1.807, 2.05) is 11.0 Å². The normalized spacial score (nSPS) is 14.7. The second kappa shape index (κ2) is 4.65. The highest BCUT2D eigenvalue weighted by Gasteiger charge is 2.28. The second-order valence-corrected chi connectivity index (χ2v) is 3.70. The summed E-state index contributed by atoms with van der Waals surface area (Å²) < 4.78 is 0. The second-order valence-electron chi connectivity index (χ2n) is 3.70. The molecule has 7 nitrogen and oxygen atoms in total. The standard InChI is InChI=1S/C10H12N6O/c1-12-10(17)15-8-5-16(6-8)9-4-13-7(2-11)3-14-9/h3-4,8H,5-6H2,1H3,(H2,12,15,17). The molecule has 1 fully saturated rings. The number of anilines is 1. The zero-order valence-corrected chi connectivity index (χ0v) is 9.34. The van der Waals surface area contributed by atoms with Crippen molar-refractivity contribution in [2.45, 2.75) is 6.04 Å². The molecule has 1 aliphatic rings. The zero-order chi connectivity index (χ0) is 12.3. The Labute approximate surface area is 98.5 Å². The molecule has 2 N–H and O–H groups in total. The van der Waals surface area contributed by atoms with E-state index in [4.69, 9.17) is 5.26 Å². The maximum absolute atomic E-state index is 11.0. The largest absolute Gasteiger partial charge is 0.351 e. The SMILES string of the molecule is CNC(=O)NC1CN(c2cnc(C#N)cn2)C1. The van der Waals surface area contributed by atoms with Gasteiger partial charge in [0.2, 0.25) is 0 Å². The predicted molar refractivity (Wildman–Crippen MR) is 60.3 cm³/mol. The molecule has 88 valence electrons. The number of nitriles is 1. The molecule has 0 radical (unpaired) electrons. The van der Waals surface area contributed by atoms with Gasteiger partial charge in [0.25, 0.3) is 0 Å². The molecule has 2 amide bonds. The molecule has 1 aliphatic heterocycles. The molecule has 0 bridgehead atoms. The van der Waals surface area contributed by atoms with Gasteiger partial charge in [-0.05, 0) is 0 Å². The number of nitrogens with zero attached hydrogens (tertiary/aromatic N) is 4. The van der Waals surface area contributed by atoms with E-state index in [0.29, 0.717) is 18.8 Å². The van der Waals surface area contributed by atoms with E-state index in [-0.39, 0.29) is 12.1 Å². The maximum Gasteiger partial charge on any atom is 0.314 e. The minimum Gasteiger partial charge on any atom is -0.351 e. The molecule has 0 aromatic carbocycles. The van der Waals surface area contributed by atoms with Crippen LogP contribution in [-0.4, -0.2) is 42.2 Å². The minimum atomic E-state index is -0.180. The van der Waals surface area contributed by atoms with E-state index in [1.54, 1.807) is 13.2 Å². The number of rotatable bonds is 2. The van der Waals surface area contributed by atoms with Crippen LogP contribution in [-0.2, 0) is 0 Å². The van der Waals surface area contributed by atoms with Gasteiger partial charge in [0, 0.05) is 20.1 Å². The lowest BCUT2D eigenvalue weighted by Crippen LogP contribution is -2.60. The summed E-state index contributed by atoms with van der Waals surface area (Å²) in [6.45, 7) is 1.40. The third-order valence-electron chi connectivity index (χ3n) is 2.52. The number of hydrogen-bond donors (Lipinski definition) is 2. The number of hydrogen-bond acceptors (Lipinski definition) is 5. The van der Waals surface area contributed by atoms with Crippen molar-refractivity contribution in [3.63, 3.8) is 0 Å². The van der Waals surface area contributed by atoms with Crippen LogP contribution in [0.3, 0.4) is 0 Å². The fraction of sp³-hybridized carbons (Fsp3) is 0.400. The molecule has 1 aromatic heterocycles. The minimum absolute atomic E-state index is 0.132. The predicted octanol–water partition coefficient (Wildman–Crippen LogP) is -0.534. The molecule has 0 unspecified atom stereocenters. The van der Waals surface area contributed by atoms with Crippen molar-refractivity contribution in [1.29, 1.82) is 5.26 Å². The number of carbonyl (C=O) groups excluding carboxylic acids is 1. The highest BCUT2D eigenvalue weighted by atomic mass is 16.2. The lowest BCUT2D eigenvalue weighted by Gasteiger charge is -2.39. The van der Waals surface area contributed by atoms with Crippen molar-refractivity contribution in [3.8, 4) is 6.07 Å². The monoisotopic (exact) mass is 232 g/mol.